The molecule has 0 unspecified atom stereocenters. The smallest absolute Gasteiger partial charge is 0.229 e. The van der Waals surface area contributed by atoms with Gasteiger partial charge in [-0.2, -0.15) is 4.98 Å². The van der Waals surface area contributed by atoms with Crippen LogP contribution in [0.25, 0.3) is 16.5 Å². The summed E-state index contributed by atoms with van der Waals surface area (Å²) < 4.78 is 14.0. The Morgan fingerprint density at radius 2 is 2.12 bits per heavy atom. The summed E-state index contributed by atoms with van der Waals surface area (Å²) in [7, 11) is 0. The van der Waals surface area contributed by atoms with E-state index in [1.54, 1.807) is 0 Å². The van der Waals surface area contributed by atoms with E-state index in [9.17, 15) is 4.39 Å². The first-order valence-electron chi connectivity index (χ1n) is 11.7. The van der Waals surface area contributed by atoms with Crippen molar-refractivity contribution in [3.8, 4) is 0 Å². The molecule has 1 aliphatic carbocycles. The van der Waals surface area contributed by atoms with Crippen molar-refractivity contribution in [3.05, 3.63) is 72.1 Å². The molecule has 33 heavy (non-hydrogen) atoms. The molecule has 6 heteroatoms. The normalized spacial score (nSPS) is 16.8. The van der Waals surface area contributed by atoms with Gasteiger partial charge in [-0.1, -0.05) is 24.3 Å². The quantitative estimate of drug-likeness (QED) is 0.375. The van der Waals surface area contributed by atoms with Crippen LogP contribution in [0.5, 0.6) is 0 Å². The predicted molar refractivity (Wildman–Crippen MR) is 134 cm³/mol. The van der Waals surface area contributed by atoms with Crippen LogP contribution in [0.15, 0.2) is 55.1 Å². The maximum Gasteiger partial charge on any atom is 0.229 e. The Bertz CT molecular complexity index is 1190. The van der Waals surface area contributed by atoms with E-state index < -0.39 is 0 Å². The van der Waals surface area contributed by atoms with Gasteiger partial charge in [0.15, 0.2) is 0 Å². The molecule has 1 fully saturated rings. The molecule has 2 aromatic carbocycles. The number of nitrogens with zero attached hydrogens (tertiary/aromatic N) is 2. The van der Waals surface area contributed by atoms with Crippen molar-refractivity contribution in [1.82, 2.24) is 15.3 Å². The number of nitrogens with one attached hydrogen (secondary N) is 3. The van der Waals surface area contributed by atoms with E-state index in [2.05, 4.69) is 46.8 Å². The van der Waals surface area contributed by atoms with Crippen LogP contribution in [0.1, 0.15) is 36.8 Å². The van der Waals surface area contributed by atoms with Crippen LogP contribution in [0, 0.1) is 18.7 Å². The second kappa shape index (κ2) is 9.32. The second-order valence-electron chi connectivity index (χ2n) is 9.04. The summed E-state index contributed by atoms with van der Waals surface area (Å²) in [6.07, 6.45) is 8.51. The molecule has 2 aliphatic rings. The average Bonchev–Trinajstić information content (AvgIpc) is 3.64. The first-order valence-corrected chi connectivity index (χ1v) is 11.7. The Morgan fingerprint density at radius 3 is 2.85 bits per heavy atom. The fraction of sp³-hybridized carbons (Fsp3) is 0.333. The molecule has 3 N–H and O–H groups in total. The molecule has 170 valence electrons. The van der Waals surface area contributed by atoms with Crippen molar-refractivity contribution in [2.24, 2.45) is 5.92 Å². The summed E-state index contributed by atoms with van der Waals surface area (Å²) in [5, 5.41) is 11.3. The largest absolute Gasteiger partial charge is 0.366 e. The van der Waals surface area contributed by atoms with Gasteiger partial charge in [0.25, 0.3) is 0 Å². The van der Waals surface area contributed by atoms with Gasteiger partial charge < -0.3 is 16.0 Å². The summed E-state index contributed by atoms with van der Waals surface area (Å²) in [6, 6.07) is 11.5. The lowest BCUT2D eigenvalue weighted by atomic mass is 9.97. The molecule has 0 spiro atoms. The van der Waals surface area contributed by atoms with Crippen molar-refractivity contribution in [2.75, 3.05) is 23.7 Å². The Morgan fingerprint density at radius 1 is 1.24 bits per heavy atom. The summed E-state index contributed by atoms with van der Waals surface area (Å²) in [6.45, 7) is 7.63. The van der Waals surface area contributed by atoms with E-state index in [1.165, 1.54) is 30.5 Å². The fourth-order valence-electron chi connectivity index (χ4n) is 4.60. The zero-order valence-corrected chi connectivity index (χ0v) is 19.0. The van der Waals surface area contributed by atoms with E-state index in [0.29, 0.717) is 23.6 Å². The molecule has 1 aromatic heterocycles. The van der Waals surface area contributed by atoms with Crippen LogP contribution in [0.3, 0.4) is 0 Å². The van der Waals surface area contributed by atoms with Gasteiger partial charge in [-0.05, 0) is 80.5 Å². The van der Waals surface area contributed by atoms with Gasteiger partial charge in [-0.25, -0.2) is 9.37 Å². The van der Waals surface area contributed by atoms with E-state index >= 15 is 0 Å². The van der Waals surface area contributed by atoms with Gasteiger partial charge in [0, 0.05) is 29.2 Å². The third-order valence-corrected chi connectivity index (χ3v) is 6.37. The first-order chi connectivity index (χ1) is 16.1. The molecule has 5 rings (SSSR count). The molecule has 1 saturated carbocycles. The van der Waals surface area contributed by atoms with Crippen LogP contribution < -0.4 is 16.0 Å². The highest BCUT2D eigenvalue weighted by Gasteiger charge is 2.31. The van der Waals surface area contributed by atoms with E-state index in [0.717, 1.165) is 53.8 Å². The Labute approximate surface area is 194 Å². The summed E-state index contributed by atoms with van der Waals surface area (Å²) in [4.78, 5) is 9.77. The topological polar surface area (TPSA) is 61.9 Å². The Kier molecular flexibility index (Phi) is 6.09. The average molecular weight is 444 g/mol. The van der Waals surface area contributed by atoms with Crippen LogP contribution in [-0.4, -0.2) is 29.1 Å². The predicted octanol–water partition coefficient (Wildman–Crippen LogP) is 5.96. The molecule has 0 radical (unpaired) electrons. The third-order valence-electron chi connectivity index (χ3n) is 6.37. The Hall–Kier alpha value is -3.25. The Balaban J connectivity index is 1.61. The fourth-order valence-corrected chi connectivity index (χ4v) is 4.60. The van der Waals surface area contributed by atoms with Crippen LogP contribution in [0.4, 0.5) is 21.8 Å². The maximum absolute atomic E-state index is 14.0. The number of hydrogen-bond donors (Lipinski definition) is 3. The molecular formula is C27H30FN5. The van der Waals surface area contributed by atoms with E-state index in [-0.39, 0.29) is 5.82 Å². The molecule has 2 heterocycles. The lowest BCUT2D eigenvalue weighted by molar-refractivity contribution is 0.627. The summed E-state index contributed by atoms with van der Waals surface area (Å²) in [5.74, 6) is 1.64. The van der Waals surface area contributed by atoms with Crippen molar-refractivity contribution < 1.29 is 4.39 Å². The number of para-hydroxylation sites is 1. The van der Waals surface area contributed by atoms with Gasteiger partial charge >= 0.3 is 0 Å². The van der Waals surface area contributed by atoms with Gasteiger partial charge in [0.05, 0.1) is 5.52 Å². The number of halogens is 1. The third kappa shape index (κ3) is 4.91. The van der Waals surface area contributed by atoms with Crippen LogP contribution in [-0.2, 0) is 0 Å². The van der Waals surface area contributed by atoms with E-state index in [1.807, 2.05) is 19.1 Å². The summed E-state index contributed by atoms with van der Waals surface area (Å²) in [5.41, 5.74) is 4.82. The van der Waals surface area contributed by atoms with Gasteiger partial charge in [0.1, 0.15) is 11.6 Å². The first kappa shape index (κ1) is 21.6. The number of aryl methyl sites for hydroxylation is 1. The number of aromatic nitrogens is 2. The minimum atomic E-state index is -0.281. The van der Waals surface area contributed by atoms with Crippen molar-refractivity contribution in [2.45, 2.75) is 38.6 Å². The minimum Gasteiger partial charge on any atom is -0.366 e. The number of hydrogen-bond acceptors (Lipinski definition) is 5. The highest BCUT2D eigenvalue weighted by atomic mass is 19.1. The van der Waals surface area contributed by atoms with Crippen LogP contribution >= 0.6 is 0 Å². The molecule has 0 saturated heterocycles. The zero-order valence-electron chi connectivity index (χ0n) is 19.0. The number of benzene rings is 2. The molecule has 0 amide bonds. The van der Waals surface area contributed by atoms with Crippen molar-refractivity contribution >= 4 is 33.9 Å². The maximum atomic E-state index is 14.0. The van der Waals surface area contributed by atoms with E-state index in [4.69, 9.17) is 9.97 Å². The van der Waals surface area contributed by atoms with Gasteiger partial charge in [-0.15, -0.1) is 6.58 Å². The minimum absolute atomic E-state index is 0.281. The standard InChI is InChI=1S/C27H30FN5/c1-3-5-24(19-8-9-19)31-26-23-7-4-6-22(18-10-12-29-13-11-18)25(23)32-27(33-26)30-21-15-17(2)14-20(28)16-21/h3-4,6-7,10,14-16,19,24,29H,1,5,8-9,11-13H2,2H3,(H2,30,31,32,33)/t24-/m1/s1. The zero-order chi connectivity index (χ0) is 22.8. The monoisotopic (exact) mass is 443 g/mol. The van der Waals surface area contributed by atoms with Crippen molar-refractivity contribution in [1.29, 1.82) is 0 Å². The van der Waals surface area contributed by atoms with Crippen LogP contribution in [0.2, 0.25) is 0 Å². The highest BCUT2D eigenvalue weighted by molar-refractivity contribution is 5.98. The lowest BCUT2D eigenvalue weighted by Crippen LogP contribution is -2.22. The van der Waals surface area contributed by atoms with Gasteiger partial charge in [-0.3, -0.25) is 0 Å². The number of fused-ring (bicyclic) bond motifs is 1. The highest BCUT2D eigenvalue weighted by Crippen LogP contribution is 2.38. The second-order valence-corrected chi connectivity index (χ2v) is 9.04. The SMILES string of the molecule is C=CC[C@@H](Nc1nc(Nc2cc(C)cc(F)c2)nc2c(C3=CCNCC3)cccc12)C1CC1. The number of rotatable bonds is 8. The summed E-state index contributed by atoms with van der Waals surface area (Å²) >= 11 is 0. The molecule has 0 bridgehead atoms. The molecule has 3 aromatic rings. The molecule has 1 atom stereocenters. The van der Waals surface area contributed by atoms with Crippen molar-refractivity contribution in [3.63, 3.8) is 0 Å². The molecule has 1 aliphatic heterocycles. The molecule has 5 nitrogen and oxygen atoms in total. The lowest BCUT2D eigenvalue weighted by Gasteiger charge is -2.21. The number of anilines is 3. The van der Waals surface area contributed by atoms with Gasteiger partial charge in [0.2, 0.25) is 5.95 Å². The molecular weight excluding hydrogens is 413 g/mol.